The van der Waals surface area contributed by atoms with Crippen LogP contribution in [0.2, 0.25) is 5.02 Å². The summed E-state index contributed by atoms with van der Waals surface area (Å²) in [5, 5.41) is 3.79. The van der Waals surface area contributed by atoms with E-state index >= 15 is 0 Å². The minimum absolute atomic E-state index is 0. The van der Waals surface area contributed by atoms with Gasteiger partial charge in [0.2, 0.25) is 0 Å². The monoisotopic (exact) mass is 387 g/mol. The normalized spacial score (nSPS) is 21.2. The minimum atomic E-state index is -0.405. The fourth-order valence-corrected chi connectivity index (χ4v) is 3.17. The molecule has 8 heteroatoms. The van der Waals surface area contributed by atoms with Crippen molar-refractivity contribution in [2.75, 3.05) is 45.9 Å². The summed E-state index contributed by atoms with van der Waals surface area (Å²) in [6.07, 6.45) is 0.364. The number of ether oxygens (including phenoxy) is 1. The van der Waals surface area contributed by atoms with Crippen LogP contribution in [0, 0.1) is 0 Å². The third kappa shape index (κ3) is 5.07. The molecule has 1 aromatic rings. The van der Waals surface area contributed by atoms with E-state index in [0.717, 1.165) is 13.0 Å². The maximum absolute atomic E-state index is 12.6. The first-order chi connectivity index (χ1) is 11.6. The highest BCUT2D eigenvalue weighted by molar-refractivity contribution is 6.30. The first-order valence-corrected chi connectivity index (χ1v) is 8.69. The number of carbonyl (C=O) groups is 2. The number of hydrogen-bond donors (Lipinski definition) is 1. The van der Waals surface area contributed by atoms with E-state index in [4.69, 9.17) is 16.3 Å². The number of carbonyl (C=O) groups excluding carboxylic acids is 2. The molecular formula is C17H23Cl2N3O3. The zero-order chi connectivity index (χ0) is 16.9. The van der Waals surface area contributed by atoms with Gasteiger partial charge in [0.15, 0.2) is 0 Å². The number of amides is 2. The average molecular weight is 388 g/mol. The maximum Gasteiger partial charge on any atom is 0.253 e. The van der Waals surface area contributed by atoms with Gasteiger partial charge in [0.1, 0.15) is 6.10 Å². The van der Waals surface area contributed by atoms with Crippen LogP contribution in [0.3, 0.4) is 0 Å². The molecule has 138 valence electrons. The Balaban J connectivity index is 0.00000225. The molecule has 2 aliphatic rings. The lowest BCUT2D eigenvalue weighted by Gasteiger charge is -2.29. The summed E-state index contributed by atoms with van der Waals surface area (Å²) >= 11 is 5.87. The fraction of sp³-hybridized carbons (Fsp3) is 0.529. The topological polar surface area (TPSA) is 61.9 Å². The molecule has 1 atom stereocenters. The quantitative estimate of drug-likeness (QED) is 0.833. The first kappa shape index (κ1) is 20.0. The van der Waals surface area contributed by atoms with Crippen molar-refractivity contribution in [1.29, 1.82) is 0 Å². The Morgan fingerprint density at radius 2 is 1.76 bits per heavy atom. The number of benzene rings is 1. The number of nitrogens with zero attached hydrogens (tertiary/aromatic N) is 2. The summed E-state index contributed by atoms with van der Waals surface area (Å²) in [5.74, 6) is -0.000425. The molecule has 2 saturated heterocycles. The predicted octanol–water partition coefficient (Wildman–Crippen LogP) is 1.42. The van der Waals surface area contributed by atoms with Crippen LogP contribution in [0.25, 0.3) is 0 Å². The van der Waals surface area contributed by atoms with Gasteiger partial charge in [-0.1, -0.05) is 11.6 Å². The summed E-state index contributed by atoms with van der Waals surface area (Å²) in [6, 6.07) is 6.91. The lowest BCUT2D eigenvalue weighted by atomic mass is 10.2. The van der Waals surface area contributed by atoms with Gasteiger partial charge in [-0.3, -0.25) is 9.59 Å². The second-order valence-corrected chi connectivity index (χ2v) is 6.48. The van der Waals surface area contributed by atoms with E-state index in [1.165, 1.54) is 0 Å². The van der Waals surface area contributed by atoms with Gasteiger partial charge in [0.25, 0.3) is 11.8 Å². The lowest BCUT2D eigenvalue weighted by molar-refractivity contribution is -0.145. The van der Waals surface area contributed by atoms with E-state index in [1.54, 1.807) is 29.2 Å². The Labute approximate surface area is 158 Å². The number of rotatable bonds is 2. The highest BCUT2D eigenvalue weighted by atomic mass is 35.5. The third-order valence-corrected chi connectivity index (χ3v) is 4.64. The van der Waals surface area contributed by atoms with Gasteiger partial charge in [-0.2, -0.15) is 0 Å². The van der Waals surface area contributed by atoms with E-state index in [1.807, 2.05) is 4.90 Å². The lowest BCUT2D eigenvalue weighted by Crippen LogP contribution is -2.50. The number of hydrogen-bond acceptors (Lipinski definition) is 4. The molecular weight excluding hydrogens is 365 g/mol. The molecule has 2 heterocycles. The van der Waals surface area contributed by atoms with Gasteiger partial charge in [0, 0.05) is 49.9 Å². The van der Waals surface area contributed by atoms with Crippen LogP contribution in [0.1, 0.15) is 16.8 Å². The Morgan fingerprint density at radius 1 is 1.08 bits per heavy atom. The van der Waals surface area contributed by atoms with Crippen LogP contribution >= 0.6 is 24.0 Å². The summed E-state index contributed by atoms with van der Waals surface area (Å²) in [5.41, 5.74) is 0.624. The molecule has 2 fully saturated rings. The summed E-state index contributed by atoms with van der Waals surface area (Å²) in [7, 11) is 0. The summed E-state index contributed by atoms with van der Waals surface area (Å²) in [4.78, 5) is 28.7. The van der Waals surface area contributed by atoms with Crippen LogP contribution in [0.5, 0.6) is 0 Å². The molecule has 2 aliphatic heterocycles. The molecule has 25 heavy (non-hydrogen) atoms. The van der Waals surface area contributed by atoms with E-state index in [2.05, 4.69) is 5.32 Å². The molecule has 2 amide bonds. The molecule has 0 aromatic heterocycles. The average Bonchev–Trinajstić information content (AvgIpc) is 2.88. The van der Waals surface area contributed by atoms with Gasteiger partial charge in [-0.05, 0) is 30.7 Å². The van der Waals surface area contributed by atoms with Gasteiger partial charge in [-0.15, -0.1) is 12.4 Å². The van der Waals surface area contributed by atoms with Crippen molar-refractivity contribution in [3.05, 3.63) is 34.9 Å². The van der Waals surface area contributed by atoms with E-state index < -0.39 is 6.10 Å². The van der Waals surface area contributed by atoms with Gasteiger partial charge < -0.3 is 19.9 Å². The van der Waals surface area contributed by atoms with Crippen molar-refractivity contribution in [1.82, 2.24) is 15.1 Å². The zero-order valence-electron chi connectivity index (χ0n) is 13.9. The highest BCUT2D eigenvalue weighted by Gasteiger charge is 2.29. The van der Waals surface area contributed by atoms with Gasteiger partial charge in [0.05, 0.1) is 6.61 Å². The third-order valence-electron chi connectivity index (χ3n) is 4.39. The Morgan fingerprint density at radius 3 is 2.44 bits per heavy atom. The highest BCUT2D eigenvalue weighted by Crippen LogP contribution is 2.14. The van der Waals surface area contributed by atoms with Gasteiger partial charge >= 0.3 is 0 Å². The first-order valence-electron chi connectivity index (χ1n) is 8.31. The van der Waals surface area contributed by atoms with Crippen LogP contribution in [-0.4, -0.2) is 73.6 Å². The molecule has 6 nitrogen and oxygen atoms in total. The number of halogens is 2. The second kappa shape index (κ2) is 9.38. The number of nitrogens with one attached hydrogen (secondary N) is 1. The molecule has 1 unspecified atom stereocenters. The molecule has 1 N–H and O–H groups in total. The standard InChI is InChI=1S/C17H22ClN3O3.ClH/c18-14-4-2-13(3-5-14)16(22)20-7-1-8-21(10-9-20)17(23)15-12-19-6-11-24-15;/h2-5,15,19H,1,6-12H2;1H. The van der Waals surface area contributed by atoms with Gasteiger partial charge in [-0.25, -0.2) is 0 Å². The molecule has 0 spiro atoms. The molecule has 3 rings (SSSR count). The van der Waals surface area contributed by atoms with Crippen molar-refractivity contribution >= 4 is 35.8 Å². The molecule has 0 radical (unpaired) electrons. The van der Waals surface area contributed by atoms with Crippen molar-refractivity contribution in [3.8, 4) is 0 Å². The predicted molar refractivity (Wildman–Crippen MR) is 98.4 cm³/mol. The molecule has 0 saturated carbocycles. The van der Waals surface area contributed by atoms with Crippen LogP contribution < -0.4 is 5.32 Å². The maximum atomic E-state index is 12.6. The zero-order valence-corrected chi connectivity index (χ0v) is 15.5. The second-order valence-electron chi connectivity index (χ2n) is 6.04. The Kier molecular flexibility index (Phi) is 7.50. The molecule has 1 aromatic carbocycles. The Hall–Kier alpha value is -1.34. The summed E-state index contributed by atoms with van der Waals surface area (Å²) in [6.45, 7) is 4.28. The van der Waals surface area contributed by atoms with Crippen molar-refractivity contribution < 1.29 is 14.3 Å². The smallest absolute Gasteiger partial charge is 0.253 e. The summed E-state index contributed by atoms with van der Waals surface area (Å²) < 4.78 is 5.54. The van der Waals surface area contributed by atoms with Crippen LogP contribution in [0.4, 0.5) is 0 Å². The molecule has 0 aliphatic carbocycles. The van der Waals surface area contributed by atoms with Crippen molar-refractivity contribution in [2.45, 2.75) is 12.5 Å². The van der Waals surface area contributed by atoms with E-state index in [9.17, 15) is 9.59 Å². The van der Waals surface area contributed by atoms with E-state index in [-0.39, 0.29) is 24.2 Å². The van der Waals surface area contributed by atoms with E-state index in [0.29, 0.717) is 49.9 Å². The minimum Gasteiger partial charge on any atom is -0.366 e. The van der Waals surface area contributed by atoms with Crippen LogP contribution in [0.15, 0.2) is 24.3 Å². The van der Waals surface area contributed by atoms with Crippen molar-refractivity contribution in [3.63, 3.8) is 0 Å². The molecule has 0 bridgehead atoms. The SMILES string of the molecule is Cl.O=C(c1ccc(Cl)cc1)N1CCCN(C(=O)C2CNCCO2)CC1. The van der Waals surface area contributed by atoms with Crippen LogP contribution in [-0.2, 0) is 9.53 Å². The van der Waals surface area contributed by atoms with Crippen molar-refractivity contribution in [2.24, 2.45) is 0 Å². The number of morpholine rings is 1. The largest absolute Gasteiger partial charge is 0.366 e. The fourth-order valence-electron chi connectivity index (χ4n) is 3.04. The Bertz CT molecular complexity index is 591.